The van der Waals surface area contributed by atoms with Gasteiger partial charge in [-0.25, -0.2) is 0 Å². The summed E-state index contributed by atoms with van der Waals surface area (Å²) in [6.45, 7) is 8.27. The molecule has 0 aromatic heterocycles. The Hall–Kier alpha value is -0.120. The van der Waals surface area contributed by atoms with Crippen molar-refractivity contribution in [3.8, 4) is 0 Å². The lowest BCUT2D eigenvalue weighted by atomic mass is 9.83. The highest BCUT2D eigenvalue weighted by Crippen LogP contribution is 2.30. The van der Waals surface area contributed by atoms with Gasteiger partial charge in [0, 0.05) is 19.1 Å². The summed E-state index contributed by atoms with van der Waals surface area (Å²) < 4.78 is 0. The highest BCUT2D eigenvalue weighted by atomic mass is 16.3. The number of hydrogen-bond acceptors (Lipinski definition) is 3. The molecular weight excluding hydrogens is 154 g/mol. The van der Waals surface area contributed by atoms with Gasteiger partial charge >= 0.3 is 0 Å². The lowest BCUT2D eigenvalue weighted by molar-refractivity contribution is -0.0589. The van der Waals surface area contributed by atoms with Crippen molar-refractivity contribution in [2.24, 2.45) is 5.41 Å². The molecule has 1 aliphatic heterocycles. The fourth-order valence-electron chi connectivity index (χ4n) is 1.74. The minimum atomic E-state index is -0.596. The molecule has 0 saturated carbocycles. The minimum Gasteiger partial charge on any atom is -0.394 e. The van der Waals surface area contributed by atoms with Crippen LogP contribution in [-0.4, -0.2) is 47.0 Å². The summed E-state index contributed by atoms with van der Waals surface area (Å²) in [5.74, 6) is 0. The van der Waals surface area contributed by atoms with Crippen molar-refractivity contribution in [2.75, 3.05) is 19.7 Å². The summed E-state index contributed by atoms with van der Waals surface area (Å²) in [5, 5.41) is 18.1. The summed E-state index contributed by atoms with van der Waals surface area (Å²) in [6, 6.07) is 0.0861. The molecule has 0 aliphatic carbocycles. The van der Waals surface area contributed by atoms with Crippen LogP contribution in [0.25, 0.3) is 0 Å². The Morgan fingerprint density at radius 3 is 2.25 bits per heavy atom. The predicted molar refractivity (Wildman–Crippen MR) is 47.9 cm³/mol. The van der Waals surface area contributed by atoms with Gasteiger partial charge in [-0.15, -0.1) is 0 Å². The van der Waals surface area contributed by atoms with Crippen LogP contribution in [0.1, 0.15) is 20.8 Å². The van der Waals surface area contributed by atoms with Gasteiger partial charge in [-0.05, 0) is 12.3 Å². The van der Waals surface area contributed by atoms with E-state index in [0.717, 1.165) is 13.1 Å². The molecule has 3 nitrogen and oxygen atoms in total. The molecule has 72 valence electrons. The lowest BCUT2D eigenvalue weighted by Gasteiger charge is -2.49. The molecule has 0 aromatic rings. The van der Waals surface area contributed by atoms with Gasteiger partial charge in [0.25, 0.3) is 0 Å². The normalized spacial score (nSPS) is 27.8. The topological polar surface area (TPSA) is 43.7 Å². The average molecular weight is 173 g/mol. The maximum atomic E-state index is 9.34. The number of nitrogens with zero attached hydrogens (tertiary/aromatic N) is 1. The quantitative estimate of drug-likeness (QED) is 0.635. The van der Waals surface area contributed by atoms with Crippen molar-refractivity contribution in [1.82, 2.24) is 4.90 Å². The number of rotatable bonds is 3. The predicted octanol–water partition coefficient (Wildman–Crippen LogP) is 0.0699. The third-order valence-corrected chi connectivity index (χ3v) is 2.58. The maximum absolute atomic E-state index is 9.34. The molecule has 1 saturated heterocycles. The van der Waals surface area contributed by atoms with Crippen LogP contribution in [-0.2, 0) is 0 Å². The molecule has 0 aromatic carbocycles. The molecule has 0 spiro atoms. The average Bonchev–Trinajstić information content (AvgIpc) is 1.97. The van der Waals surface area contributed by atoms with Gasteiger partial charge in [-0.3, -0.25) is 4.90 Å². The van der Waals surface area contributed by atoms with Crippen LogP contribution >= 0.6 is 0 Å². The molecule has 2 atom stereocenters. The fourth-order valence-corrected chi connectivity index (χ4v) is 1.74. The highest BCUT2D eigenvalue weighted by molar-refractivity contribution is 4.92. The Kier molecular flexibility index (Phi) is 2.76. The number of likely N-dealkylation sites (tertiary alicyclic amines) is 1. The van der Waals surface area contributed by atoms with E-state index in [0.29, 0.717) is 5.41 Å². The van der Waals surface area contributed by atoms with Crippen molar-refractivity contribution in [3.63, 3.8) is 0 Å². The number of hydrogen-bond donors (Lipinski definition) is 2. The molecule has 12 heavy (non-hydrogen) atoms. The third-order valence-electron chi connectivity index (χ3n) is 2.58. The monoisotopic (exact) mass is 173 g/mol. The number of aliphatic hydroxyl groups excluding tert-OH is 2. The van der Waals surface area contributed by atoms with Crippen LogP contribution in [0.15, 0.2) is 0 Å². The largest absolute Gasteiger partial charge is 0.394 e. The van der Waals surface area contributed by atoms with E-state index in [2.05, 4.69) is 18.7 Å². The van der Waals surface area contributed by atoms with Crippen LogP contribution in [0.3, 0.4) is 0 Å². The second-order valence-corrected chi connectivity index (χ2v) is 4.56. The van der Waals surface area contributed by atoms with Gasteiger partial charge in [0.1, 0.15) is 0 Å². The van der Waals surface area contributed by atoms with Crippen molar-refractivity contribution < 1.29 is 10.2 Å². The summed E-state index contributed by atoms with van der Waals surface area (Å²) in [7, 11) is 0. The SMILES string of the molecule is CC(C(O)CO)N1CC(C)(C)C1. The van der Waals surface area contributed by atoms with E-state index < -0.39 is 6.10 Å². The van der Waals surface area contributed by atoms with Gasteiger partial charge in [0.15, 0.2) is 0 Å². The fraction of sp³-hybridized carbons (Fsp3) is 1.00. The van der Waals surface area contributed by atoms with Gasteiger partial charge < -0.3 is 10.2 Å². The van der Waals surface area contributed by atoms with E-state index in [1.54, 1.807) is 0 Å². The van der Waals surface area contributed by atoms with Crippen molar-refractivity contribution in [1.29, 1.82) is 0 Å². The minimum absolute atomic E-state index is 0.0861. The van der Waals surface area contributed by atoms with Gasteiger partial charge in [-0.1, -0.05) is 13.8 Å². The summed E-state index contributed by atoms with van der Waals surface area (Å²) >= 11 is 0. The maximum Gasteiger partial charge on any atom is 0.0922 e. The smallest absolute Gasteiger partial charge is 0.0922 e. The first kappa shape index (κ1) is 9.96. The van der Waals surface area contributed by atoms with Crippen LogP contribution in [0.5, 0.6) is 0 Å². The molecule has 1 heterocycles. The summed E-state index contributed by atoms with van der Waals surface area (Å²) in [5.41, 5.74) is 0.392. The zero-order valence-electron chi connectivity index (χ0n) is 8.12. The van der Waals surface area contributed by atoms with Crippen LogP contribution < -0.4 is 0 Å². The van der Waals surface area contributed by atoms with E-state index in [1.807, 2.05) is 6.92 Å². The van der Waals surface area contributed by atoms with E-state index in [4.69, 9.17) is 5.11 Å². The van der Waals surface area contributed by atoms with Gasteiger partial charge in [0.05, 0.1) is 12.7 Å². The molecule has 1 aliphatic rings. The van der Waals surface area contributed by atoms with E-state index >= 15 is 0 Å². The Balaban J connectivity index is 2.32. The Morgan fingerprint density at radius 2 is 1.92 bits per heavy atom. The van der Waals surface area contributed by atoms with E-state index in [-0.39, 0.29) is 12.6 Å². The van der Waals surface area contributed by atoms with Crippen molar-refractivity contribution >= 4 is 0 Å². The Morgan fingerprint density at radius 1 is 1.42 bits per heavy atom. The highest BCUT2D eigenvalue weighted by Gasteiger charge is 2.38. The molecule has 0 radical (unpaired) electrons. The lowest BCUT2D eigenvalue weighted by Crippen LogP contribution is -2.59. The third kappa shape index (κ3) is 1.97. The molecule has 2 unspecified atom stereocenters. The zero-order chi connectivity index (χ0) is 9.35. The van der Waals surface area contributed by atoms with Gasteiger partial charge in [0.2, 0.25) is 0 Å². The summed E-state index contributed by atoms with van der Waals surface area (Å²) in [6.07, 6.45) is -0.596. The first-order chi connectivity index (χ1) is 5.46. The number of aliphatic hydroxyl groups is 2. The van der Waals surface area contributed by atoms with E-state index in [1.165, 1.54) is 0 Å². The molecule has 0 bridgehead atoms. The Bertz CT molecular complexity index is 151. The molecule has 1 fully saturated rings. The first-order valence-electron chi connectivity index (χ1n) is 4.49. The molecular formula is C9H19NO2. The second kappa shape index (κ2) is 3.32. The van der Waals surface area contributed by atoms with Crippen molar-refractivity contribution in [2.45, 2.75) is 32.9 Å². The Labute approximate surface area is 74.0 Å². The molecule has 0 amide bonds. The van der Waals surface area contributed by atoms with Crippen LogP contribution in [0, 0.1) is 5.41 Å². The first-order valence-corrected chi connectivity index (χ1v) is 4.49. The van der Waals surface area contributed by atoms with E-state index in [9.17, 15) is 5.11 Å². The standard InChI is InChI=1S/C9H19NO2/c1-7(8(12)4-11)10-5-9(2,3)6-10/h7-8,11-12H,4-6H2,1-3H3. The second-order valence-electron chi connectivity index (χ2n) is 4.56. The molecule has 2 N–H and O–H groups in total. The van der Waals surface area contributed by atoms with Crippen LogP contribution in [0.4, 0.5) is 0 Å². The van der Waals surface area contributed by atoms with Crippen LogP contribution in [0.2, 0.25) is 0 Å². The summed E-state index contributed by atoms with van der Waals surface area (Å²) in [4.78, 5) is 2.20. The van der Waals surface area contributed by atoms with Crippen molar-refractivity contribution in [3.05, 3.63) is 0 Å². The van der Waals surface area contributed by atoms with Gasteiger partial charge in [-0.2, -0.15) is 0 Å². The zero-order valence-corrected chi connectivity index (χ0v) is 8.12. The molecule has 3 heteroatoms. The molecule has 1 rings (SSSR count).